The van der Waals surface area contributed by atoms with E-state index in [1.165, 1.54) is 32.4 Å². The van der Waals surface area contributed by atoms with Gasteiger partial charge >= 0.3 is 0 Å². The summed E-state index contributed by atoms with van der Waals surface area (Å²) in [7, 11) is -0.949. The Morgan fingerprint density at radius 2 is 1.50 bits per heavy atom. The summed E-state index contributed by atoms with van der Waals surface area (Å²) in [5.74, 6) is 0.716. The second-order valence-electron chi connectivity index (χ2n) is 6.67. The van der Waals surface area contributed by atoms with Gasteiger partial charge in [-0.05, 0) is 42.8 Å². The van der Waals surface area contributed by atoms with E-state index in [1.54, 1.807) is 42.5 Å². The Balaban J connectivity index is 2.09. The fraction of sp³-hybridized carbons (Fsp3) is 0.182. The average Bonchev–Trinajstić information content (AvgIpc) is 2.73. The second kappa shape index (κ2) is 9.07. The van der Waals surface area contributed by atoms with Crippen molar-refractivity contribution in [2.24, 2.45) is 0 Å². The summed E-state index contributed by atoms with van der Waals surface area (Å²) in [4.78, 5) is 0.118. The molecular weight excluding hydrogens is 470 g/mol. The summed E-state index contributed by atoms with van der Waals surface area (Å²) in [6.07, 6.45) is -1.09. The third kappa shape index (κ3) is 4.77. The summed E-state index contributed by atoms with van der Waals surface area (Å²) >= 11 is 3.37. The van der Waals surface area contributed by atoms with E-state index < -0.39 is 16.1 Å². The normalized spacial score (nSPS) is 12.3. The molecule has 1 atom stereocenters. The van der Waals surface area contributed by atoms with Crippen LogP contribution in [0.5, 0.6) is 11.5 Å². The van der Waals surface area contributed by atoms with Crippen LogP contribution < -0.4 is 14.2 Å². The lowest BCUT2D eigenvalue weighted by Gasteiger charge is -2.20. The van der Waals surface area contributed by atoms with E-state index in [0.29, 0.717) is 22.6 Å². The van der Waals surface area contributed by atoms with E-state index in [1.807, 2.05) is 6.92 Å². The molecule has 0 saturated heterocycles. The van der Waals surface area contributed by atoms with Crippen LogP contribution in [-0.4, -0.2) is 27.7 Å². The van der Waals surface area contributed by atoms with Crippen molar-refractivity contribution in [3.05, 3.63) is 81.8 Å². The Labute approximate surface area is 184 Å². The molecule has 1 unspecified atom stereocenters. The van der Waals surface area contributed by atoms with Gasteiger partial charge in [-0.3, -0.25) is 4.72 Å². The van der Waals surface area contributed by atoms with E-state index in [4.69, 9.17) is 9.47 Å². The molecule has 3 rings (SSSR count). The first-order valence-corrected chi connectivity index (χ1v) is 11.3. The zero-order valence-electron chi connectivity index (χ0n) is 16.7. The maximum Gasteiger partial charge on any atom is 0.261 e. The number of ether oxygens (including phenoxy) is 2. The zero-order valence-corrected chi connectivity index (χ0v) is 19.1. The predicted octanol–water partition coefficient (Wildman–Crippen LogP) is 4.66. The molecule has 6 nitrogen and oxygen atoms in total. The fourth-order valence-electron chi connectivity index (χ4n) is 2.96. The molecule has 8 heteroatoms. The third-order valence-corrected chi connectivity index (χ3v) is 6.52. The number of methoxy groups -OCH3 is 2. The Morgan fingerprint density at radius 1 is 0.933 bits per heavy atom. The Bertz CT molecular complexity index is 1130. The van der Waals surface area contributed by atoms with Crippen molar-refractivity contribution in [3.8, 4) is 11.5 Å². The highest BCUT2D eigenvalue weighted by molar-refractivity contribution is 9.10. The first-order chi connectivity index (χ1) is 14.2. The van der Waals surface area contributed by atoms with Gasteiger partial charge in [-0.15, -0.1) is 0 Å². The van der Waals surface area contributed by atoms with Gasteiger partial charge < -0.3 is 14.6 Å². The fourth-order valence-corrected chi connectivity index (χ4v) is 4.30. The number of aliphatic hydroxyl groups is 1. The monoisotopic (exact) mass is 491 g/mol. The van der Waals surface area contributed by atoms with Crippen molar-refractivity contribution >= 4 is 31.6 Å². The van der Waals surface area contributed by atoms with Gasteiger partial charge in [0.05, 0.1) is 24.8 Å². The minimum absolute atomic E-state index is 0.118. The average molecular weight is 492 g/mol. The van der Waals surface area contributed by atoms with Crippen LogP contribution in [0, 0.1) is 6.92 Å². The summed E-state index contributed by atoms with van der Waals surface area (Å²) in [5.41, 5.74) is 2.09. The number of benzene rings is 3. The number of anilines is 1. The molecule has 0 aromatic heterocycles. The maximum absolute atomic E-state index is 13.0. The van der Waals surface area contributed by atoms with Crippen LogP contribution in [0.3, 0.4) is 0 Å². The molecule has 0 spiro atoms. The smallest absolute Gasteiger partial charge is 0.261 e. The van der Waals surface area contributed by atoms with Crippen molar-refractivity contribution in [2.45, 2.75) is 17.9 Å². The summed E-state index contributed by atoms with van der Waals surface area (Å²) < 4.78 is 40.0. The Kier molecular flexibility index (Phi) is 6.70. The number of aryl methyl sites for hydroxylation is 1. The molecule has 3 aromatic carbocycles. The van der Waals surface area contributed by atoms with Gasteiger partial charge in [0, 0.05) is 16.1 Å². The van der Waals surface area contributed by atoms with Gasteiger partial charge in [0.1, 0.15) is 6.10 Å². The van der Waals surface area contributed by atoms with Crippen LogP contribution in [0.1, 0.15) is 22.8 Å². The van der Waals surface area contributed by atoms with Crippen LogP contribution in [0.2, 0.25) is 0 Å². The lowest BCUT2D eigenvalue weighted by molar-refractivity contribution is 0.220. The maximum atomic E-state index is 13.0. The second-order valence-corrected chi connectivity index (χ2v) is 9.27. The summed E-state index contributed by atoms with van der Waals surface area (Å²) in [6.45, 7) is 1.88. The van der Waals surface area contributed by atoms with Crippen molar-refractivity contribution in [1.29, 1.82) is 0 Å². The number of aliphatic hydroxyl groups excluding tert-OH is 1. The first kappa shape index (κ1) is 22.1. The minimum Gasteiger partial charge on any atom is -0.493 e. The number of nitrogens with one attached hydrogen (secondary N) is 1. The van der Waals surface area contributed by atoms with Crippen molar-refractivity contribution in [1.82, 2.24) is 0 Å². The molecule has 0 aliphatic carbocycles. The third-order valence-electron chi connectivity index (χ3n) is 4.61. The Morgan fingerprint density at radius 3 is 2.07 bits per heavy atom. The number of sulfonamides is 1. The minimum atomic E-state index is -3.88. The molecule has 30 heavy (non-hydrogen) atoms. The molecule has 0 heterocycles. The molecule has 0 amide bonds. The number of hydrogen-bond acceptors (Lipinski definition) is 5. The van der Waals surface area contributed by atoms with Crippen LogP contribution in [0.4, 0.5) is 5.69 Å². The van der Waals surface area contributed by atoms with Crippen LogP contribution in [-0.2, 0) is 10.0 Å². The van der Waals surface area contributed by atoms with Gasteiger partial charge in [-0.25, -0.2) is 8.42 Å². The number of halogens is 1. The number of hydrogen-bond donors (Lipinski definition) is 2. The highest BCUT2D eigenvalue weighted by atomic mass is 79.9. The quantitative estimate of drug-likeness (QED) is 0.502. The zero-order chi connectivity index (χ0) is 21.9. The van der Waals surface area contributed by atoms with Gasteiger partial charge in [-0.2, -0.15) is 0 Å². The van der Waals surface area contributed by atoms with Gasteiger partial charge in [0.25, 0.3) is 10.0 Å². The predicted molar refractivity (Wildman–Crippen MR) is 120 cm³/mol. The highest BCUT2D eigenvalue weighted by Gasteiger charge is 2.23. The van der Waals surface area contributed by atoms with Gasteiger partial charge in [0.2, 0.25) is 0 Å². The molecular formula is C22H22BrNO5S. The van der Waals surface area contributed by atoms with Gasteiger partial charge in [-0.1, -0.05) is 45.8 Å². The topological polar surface area (TPSA) is 84.9 Å². The molecule has 0 aliphatic heterocycles. The van der Waals surface area contributed by atoms with Crippen LogP contribution in [0.15, 0.2) is 70.0 Å². The first-order valence-electron chi connectivity index (χ1n) is 9.04. The van der Waals surface area contributed by atoms with Crippen LogP contribution in [0.25, 0.3) is 0 Å². The summed E-state index contributed by atoms with van der Waals surface area (Å²) in [5, 5.41) is 11.0. The Hall–Kier alpha value is -2.55. The highest BCUT2D eigenvalue weighted by Crippen LogP contribution is 2.39. The number of rotatable bonds is 7. The largest absolute Gasteiger partial charge is 0.493 e. The van der Waals surface area contributed by atoms with E-state index >= 15 is 0 Å². The lowest BCUT2D eigenvalue weighted by Crippen LogP contribution is -2.16. The van der Waals surface area contributed by atoms with Crippen molar-refractivity contribution < 1.29 is 23.0 Å². The SMILES string of the molecule is COc1cc(NS(=O)(=O)c2ccc(C)cc2)c(C(O)c2ccc(Br)cc2)cc1OC. The summed E-state index contributed by atoms with van der Waals surface area (Å²) in [6, 6.07) is 16.7. The van der Waals surface area contributed by atoms with E-state index in [0.717, 1.165) is 10.0 Å². The van der Waals surface area contributed by atoms with Crippen molar-refractivity contribution in [2.75, 3.05) is 18.9 Å². The molecule has 0 fully saturated rings. The van der Waals surface area contributed by atoms with E-state index in [9.17, 15) is 13.5 Å². The molecule has 0 radical (unpaired) electrons. The van der Waals surface area contributed by atoms with Gasteiger partial charge in [0.15, 0.2) is 11.5 Å². The van der Waals surface area contributed by atoms with Crippen molar-refractivity contribution in [3.63, 3.8) is 0 Å². The van der Waals surface area contributed by atoms with E-state index in [-0.39, 0.29) is 10.6 Å². The molecule has 158 valence electrons. The van der Waals surface area contributed by atoms with Crippen LogP contribution >= 0.6 is 15.9 Å². The molecule has 2 N–H and O–H groups in total. The molecule has 3 aromatic rings. The molecule has 0 aliphatic rings. The van der Waals surface area contributed by atoms with E-state index in [2.05, 4.69) is 20.7 Å². The molecule has 0 bridgehead atoms. The standard InChI is InChI=1S/C22H22BrNO5S/c1-14-4-10-17(11-5-14)30(26,27)24-19-13-21(29-3)20(28-2)12-18(19)22(25)15-6-8-16(23)9-7-15/h4-13,22,24-25H,1-3H3. The molecule has 0 saturated carbocycles. The lowest BCUT2D eigenvalue weighted by atomic mass is 9.99.